The van der Waals surface area contributed by atoms with E-state index >= 15 is 0 Å². The summed E-state index contributed by atoms with van der Waals surface area (Å²) in [4.78, 5) is 4.20. The fourth-order valence-corrected chi connectivity index (χ4v) is 2.67. The Bertz CT molecular complexity index is 519. The molecule has 0 bridgehead atoms. The lowest BCUT2D eigenvalue weighted by molar-refractivity contribution is 0.207. The fraction of sp³-hybridized carbons (Fsp3) is 0.500. The summed E-state index contributed by atoms with van der Waals surface area (Å²) in [5, 5.41) is 6.49. The number of aliphatic imine (C=N–C) groups is 1. The normalized spacial score (nSPS) is 15.6. The minimum Gasteiger partial charge on any atom is -0.490 e. The van der Waals surface area contributed by atoms with Crippen LogP contribution >= 0.6 is 0 Å². The maximum Gasteiger partial charge on any atom is 0.191 e. The standard InChI is InChI=1S/C18H27N3O/c1-4-11-20-18(19-3)21-13-15-10-9-14(2)12-17(15)22-16-7-5-6-8-16/h4,9-10,12,16H,1,5-8,11,13H2,2-3H3,(H2,19,20,21). The van der Waals surface area contributed by atoms with Crippen LogP contribution in [0.1, 0.15) is 36.8 Å². The van der Waals surface area contributed by atoms with E-state index < -0.39 is 0 Å². The first-order valence-electron chi connectivity index (χ1n) is 8.04. The predicted octanol–water partition coefficient (Wildman–Crippen LogP) is 3.17. The number of nitrogens with one attached hydrogen (secondary N) is 2. The Balaban J connectivity index is 2.01. The topological polar surface area (TPSA) is 45.7 Å². The van der Waals surface area contributed by atoms with Crippen LogP contribution in [0.2, 0.25) is 0 Å². The quantitative estimate of drug-likeness (QED) is 0.482. The molecule has 0 spiro atoms. The van der Waals surface area contributed by atoms with Crippen LogP contribution in [0.25, 0.3) is 0 Å². The first-order valence-corrected chi connectivity index (χ1v) is 8.04. The second kappa shape index (κ2) is 8.47. The Morgan fingerprint density at radius 3 is 2.82 bits per heavy atom. The molecule has 22 heavy (non-hydrogen) atoms. The van der Waals surface area contributed by atoms with Gasteiger partial charge in [0.15, 0.2) is 5.96 Å². The van der Waals surface area contributed by atoms with Gasteiger partial charge in [-0.05, 0) is 44.2 Å². The highest BCUT2D eigenvalue weighted by atomic mass is 16.5. The molecule has 0 radical (unpaired) electrons. The van der Waals surface area contributed by atoms with Gasteiger partial charge in [0.2, 0.25) is 0 Å². The van der Waals surface area contributed by atoms with Crippen molar-refractivity contribution in [2.45, 2.75) is 45.3 Å². The molecule has 120 valence electrons. The van der Waals surface area contributed by atoms with Gasteiger partial charge in [-0.1, -0.05) is 18.2 Å². The van der Waals surface area contributed by atoms with Crippen molar-refractivity contribution in [2.75, 3.05) is 13.6 Å². The average Bonchev–Trinajstić information content (AvgIpc) is 3.02. The lowest BCUT2D eigenvalue weighted by atomic mass is 10.1. The first-order chi connectivity index (χ1) is 10.7. The molecule has 1 aromatic rings. The van der Waals surface area contributed by atoms with Gasteiger partial charge >= 0.3 is 0 Å². The van der Waals surface area contributed by atoms with Gasteiger partial charge in [-0.25, -0.2) is 0 Å². The molecule has 4 nitrogen and oxygen atoms in total. The zero-order valence-electron chi connectivity index (χ0n) is 13.7. The van der Waals surface area contributed by atoms with Gasteiger partial charge in [-0.3, -0.25) is 4.99 Å². The van der Waals surface area contributed by atoms with E-state index in [1.165, 1.54) is 36.8 Å². The van der Waals surface area contributed by atoms with E-state index in [4.69, 9.17) is 4.74 Å². The van der Waals surface area contributed by atoms with Crippen molar-refractivity contribution >= 4 is 5.96 Å². The number of benzene rings is 1. The fourth-order valence-electron chi connectivity index (χ4n) is 2.67. The third-order valence-corrected chi connectivity index (χ3v) is 3.90. The van der Waals surface area contributed by atoms with Gasteiger partial charge in [0.05, 0.1) is 6.10 Å². The maximum absolute atomic E-state index is 6.22. The summed E-state index contributed by atoms with van der Waals surface area (Å²) in [5.74, 6) is 1.77. The molecule has 1 aliphatic carbocycles. The Labute approximate surface area is 133 Å². The molecule has 0 unspecified atom stereocenters. The monoisotopic (exact) mass is 301 g/mol. The summed E-state index contributed by atoms with van der Waals surface area (Å²) in [7, 11) is 1.77. The molecule has 1 aromatic carbocycles. The van der Waals surface area contributed by atoms with Gasteiger partial charge < -0.3 is 15.4 Å². The smallest absolute Gasteiger partial charge is 0.191 e. The number of ether oxygens (including phenoxy) is 1. The van der Waals surface area contributed by atoms with Crippen LogP contribution in [-0.4, -0.2) is 25.7 Å². The van der Waals surface area contributed by atoms with Crippen LogP contribution in [-0.2, 0) is 6.54 Å². The summed E-state index contributed by atoms with van der Waals surface area (Å²) in [6, 6.07) is 6.39. The summed E-state index contributed by atoms with van der Waals surface area (Å²) in [5.41, 5.74) is 2.39. The van der Waals surface area contributed by atoms with Crippen LogP contribution in [0, 0.1) is 6.92 Å². The molecule has 0 saturated heterocycles. The Morgan fingerprint density at radius 2 is 2.14 bits per heavy atom. The minimum atomic E-state index is 0.374. The lowest BCUT2D eigenvalue weighted by Crippen LogP contribution is -2.36. The molecule has 0 atom stereocenters. The first kappa shape index (κ1) is 16.4. The highest BCUT2D eigenvalue weighted by molar-refractivity contribution is 5.79. The van der Waals surface area contributed by atoms with E-state index in [-0.39, 0.29) is 0 Å². The van der Waals surface area contributed by atoms with Crippen molar-refractivity contribution in [3.8, 4) is 5.75 Å². The minimum absolute atomic E-state index is 0.374. The van der Waals surface area contributed by atoms with Gasteiger partial charge in [-0.2, -0.15) is 0 Å². The van der Waals surface area contributed by atoms with E-state index in [2.05, 4.69) is 47.3 Å². The van der Waals surface area contributed by atoms with Crippen molar-refractivity contribution in [2.24, 2.45) is 4.99 Å². The molecule has 1 fully saturated rings. The predicted molar refractivity (Wildman–Crippen MR) is 92.5 cm³/mol. The second-order valence-electron chi connectivity index (χ2n) is 5.73. The number of hydrogen-bond donors (Lipinski definition) is 2. The number of hydrogen-bond acceptors (Lipinski definition) is 2. The highest BCUT2D eigenvalue weighted by Gasteiger charge is 2.18. The van der Waals surface area contributed by atoms with Crippen molar-refractivity contribution < 1.29 is 4.74 Å². The van der Waals surface area contributed by atoms with Crippen LogP contribution in [0.3, 0.4) is 0 Å². The maximum atomic E-state index is 6.22. The average molecular weight is 301 g/mol. The molecule has 1 saturated carbocycles. The van der Waals surface area contributed by atoms with E-state index in [1.807, 2.05) is 6.08 Å². The molecular formula is C18H27N3O. The van der Waals surface area contributed by atoms with Crippen molar-refractivity contribution in [1.82, 2.24) is 10.6 Å². The summed E-state index contributed by atoms with van der Waals surface area (Å²) < 4.78 is 6.22. The van der Waals surface area contributed by atoms with Crippen LogP contribution in [0.5, 0.6) is 5.75 Å². The number of aryl methyl sites for hydroxylation is 1. The number of nitrogens with zero attached hydrogens (tertiary/aromatic N) is 1. The molecule has 0 heterocycles. The molecule has 2 N–H and O–H groups in total. The third kappa shape index (κ3) is 4.79. The highest BCUT2D eigenvalue weighted by Crippen LogP contribution is 2.27. The van der Waals surface area contributed by atoms with Gasteiger partial charge in [0.1, 0.15) is 5.75 Å². The van der Waals surface area contributed by atoms with Gasteiger partial charge in [-0.15, -0.1) is 6.58 Å². The van der Waals surface area contributed by atoms with Crippen molar-refractivity contribution in [3.63, 3.8) is 0 Å². The largest absolute Gasteiger partial charge is 0.490 e. The van der Waals surface area contributed by atoms with E-state index in [9.17, 15) is 0 Å². The Hall–Kier alpha value is -1.97. The van der Waals surface area contributed by atoms with E-state index in [0.717, 1.165) is 11.7 Å². The van der Waals surface area contributed by atoms with E-state index in [1.54, 1.807) is 7.05 Å². The van der Waals surface area contributed by atoms with Crippen molar-refractivity contribution in [1.29, 1.82) is 0 Å². The zero-order valence-corrected chi connectivity index (χ0v) is 13.7. The third-order valence-electron chi connectivity index (χ3n) is 3.90. The lowest BCUT2D eigenvalue weighted by Gasteiger charge is -2.18. The van der Waals surface area contributed by atoms with Gasteiger partial charge in [0.25, 0.3) is 0 Å². The molecular weight excluding hydrogens is 274 g/mol. The summed E-state index contributed by atoms with van der Waals surface area (Å²) >= 11 is 0. The van der Waals surface area contributed by atoms with Crippen molar-refractivity contribution in [3.05, 3.63) is 42.0 Å². The SMILES string of the molecule is C=CCNC(=NC)NCc1ccc(C)cc1OC1CCCC1. The van der Waals surface area contributed by atoms with E-state index in [0.29, 0.717) is 19.2 Å². The zero-order chi connectivity index (χ0) is 15.8. The van der Waals surface area contributed by atoms with Gasteiger partial charge in [0, 0.05) is 25.7 Å². The second-order valence-corrected chi connectivity index (χ2v) is 5.73. The molecule has 4 heteroatoms. The van der Waals surface area contributed by atoms with Crippen LogP contribution in [0.15, 0.2) is 35.8 Å². The molecule has 0 aliphatic heterocycles. The Morgan fingerprint density at radius 1 is 1.36 bits per heavy atom. The summed E-state index contributed by atoms with van der Waals surface area (Å²) in [6.45, 7) is 7.19. The number of guanidine groups is 1. The Kier molecular flexibility index (Phi) is 6.31. The van der Waals surface area contributed by atoms with Crippen LogP contribution < -0.4 is 15.4 Å². The molecule has 1 aliphatic rings. The van der Waals surface area contributed by atoms with Crippen LogP contribution in [0.4, 0.5) is 0 Å². The molecule has 0 aromatic heterocycles. The molecule has 2 rings (SSSR count). The summed E-state index contributed by atoms with van der Waals surface area (Å²) in [6.07, 6.45) is 7.09. The molecule has 0 amide bonds. The number of rotatable bonds is 6.